The highest BCUT2D eigenvalue weighted by Gasteiger charge is 2.48. The first-order chi connectivity index (χ1) is 7.45. The second-order valence-corrected chi connectivity index (χ2v) is 6.65. The second kappa shape index (κ2) is 4.16. The Hall–Kier alpha value is -0.330. The van der Waals surface area contributed by atoms with Gasteiger partial charge in [0.25, 0.3) is 0 Å². The zero-order chi connectivity index (χ0) is 11.9. The highest BCUT2D eigenvalue weighted by atomic mass is 16.1. The quantitative estimate of drug-likeness (QED) is 0.654. The van der Waals surface area contributed by atoms with Gasteiger partial charge in [0.1, 0.15) is 5.78 Å². The minimum Gasteiger partial charge on any atom is -0.300 e. The Morgan fingerprint density at radius 3 is 2.50 bits per heavy atom. The number of Topliss-reactive ketones (excluding diaryl/α,β-unsaturated/α-hetero) is 1. The lowest BCUT2D eigenvalue weighted by atomic mass is 9.51. The number of rotatable bonds is 1. The first kappa shape index (κ1) is 12.1. The molecule has 1 nitrogen and oxygen atoms in total. The summed E-state index contributed by atoms with van der Waals surface area (Å²) in [6.45, 7) is 9.09. The van der Waals surface area contributed by atoms with E-state index in [0.29, 0.717) is 17.1 Å². The van der Waals surface area contributed by atoms with Crippen molar-refractivity contribution in [2.75, 3.05) is 0 Å². The van der Waals surface area contributed by atoms with Crippen LogP contribution in [0.3, 0.4) is 0 Å². The predicted molar refractivity (Wildman–Crippen MR) is 67.2 cm³/mol. The molecule has 5 atom stereocenters. The molecule has 92 valence electrons. The summed E-state index contributed by atoms with van der Waals surface area (Å²) in [5, 5.41) is 0. The molecule has 0 N–H and O–H groups in total. The lowest BCUT2D eigenvalue weighted by Crippen LogP contribution is -2.46. The van der Waals surface area contributed by atoms with Crippen molar-refractivity contribution in [1.82, 2.24) is 0 Å². The molecular formula is C15H26O. The summed E-state index contributed by atoms with van der Waals surface area (Å²) >= 11 is 0. The summed E-state index contributed by atoms with van der Waals surface area (Å²) in [5.41, 5.74) is 0.517. The van der Waals surface area contributed by atoms with Gasteiger partial charge in [0.05, 0.1) is 0 Å². The molecule has 0 aliphatic heterocycles. The van der Waals surface area contributed by atoms with Crippen molar-refractivity contribution < 1.29 is 4.79 Å². The summed E-state index contributed by atoms with van der Waals surface area (Å²) in [6.07, 6.45) is 6.33. The number of carbonyl (C=O) groups excluding carboxylic acids is 1. The topological polar surface area (TPSA) is 17.1 Å². The fraction of sp³-hybridized carbons (Fsp3) is 0.933. The van der Waals surface area contributed by atoms with E-state index in [1.165, 1.54) is 19.3 Å². The van der Waals surface area contributed by atoms with E-state index in [-0.39, 0.29) is 0 Å². The summed E-state index contributed by atoms with van der Waals surface area (Å²) in [4.78, 5) is 11.6. The van der Waals surface area contributed by atoms with Crippen LogP contribution in [0.2, 0.25) is 0 Å². The Labute approximate surface area is 100.0 Å². The third-order valence-electron chi connectivity index (χ3n) is 5.86. The van der Waals surface area contributed by atoms with Gasteiger partial charge < -0.3 is 0 Å². The Balaban J connectivity index is 2.18. The molecule has 0 saturated heterocycles. The standard InChI is InChI=1S/C15H26O/c1-10-5-6-11(2)15(4)8-7-13(12(3)16)9-14(10)15/h10-11,13-14H,5-9H2,1-4H3/t10-,11?,13?,14?,15+/m1/s1. The maximum absolute atomic E-state index is 11.6. The van der Waals surface area contributed by atoms with Crippen LogP contribution in [-0.2, 0) is 4.79 Å². The maximum Gasteiger partial charge on any atom is 0.132 e. The molecule has 0 bridgehead atoms. The number of hydrogen-bond acceptors (Lipinski definition) is 1. The van der Waals surface area contributed by atoms with Gasteiger partial charge in [-0.2, -0.15) is 0 Å². The normalized spacial score (nSPS) is 48.5. The molecule has 2 fully saturated rings. The van der Waals surface area contributed by atoms with E-state index in [2.05, 4.69) is 20.8 Å². The maximum atomic E-state index is 11.6. The van der Waals surface area contributed by atoms with Crippen molar-refractivity contribution in [2.24, 2.45) is 29.1 Å². The molecule has 0 radical (unpaired) electrons. The number of ketones is 1. The zero-order valence-corrected chi connectivity index (χ0v) is 11.3. The van der Waals surface area contributed by atoms with E-state index in [4.69, 9.17) is 0 Å². The van der Waals surface area contributed by atoms with Crippen molar-refractivity contribution in [3.63, 3.8) is 0 Å². The van der Waals surface area contributed by atoms with Crippen LogP contribution in [0.25, 0.3) is 0 Å². The third-order valence-corrected chi connectivity index (χ3v) is 5.86. The average Bonchev–Trinajstić information content (AvgIpc) is 2.24. The second-order valence-electron chi connectivity index (χ2n) is 6.65. The average molecular weight is 222 g/mol. The summed E-state index contributed by atoms with van der Waals surface area (Å²) in [7, 11) is 0. The van der Waals surface area contributed by atoms with Crippen LogP contribution in [0.15, 0.2) is 0 Å². The molecule has 2 saturated carbocycles. The first-order valence-corrected chi connectivity index (χ1v) is 6.95. The Morgan fingerprint density at radius 2 is 1.88 bits per heavy atom. The number of hydrogen-bond donors (Lipinski definition) is 0. The van der Waals surface area contributed by atoms with Gasteiger partial charge in [-0.1, -0.05) is 27.2 Å². The summed E-state index contributed by atoms with van der Waals surface area (Å²) in [6, 6.07) is 0. The van der Waals surface area contributed by atoms with Gasteiger partial charge in [-0.3, -0.25) is 4.79 Å². The van der Waals surface area contributed by atoms with Gasteiger partial charge in [-0.05, 0) is 55.8 Å². The fourth-order valence-corrected chi connectivity index (χ4v) is 4.27. The van der Waals surface area contributed by atoms with E-state index in [0.717, 1.165) is 30.6 Å². The third kappa shape index (κ3) is 1.83. The van der Waals surface area contributed by atoms with E-state index in [1.54, 1.807) is 6.92 Å². The van der Waals surface area contributed by atoms with E-state index >= 15 is 0 Å². The van der Waals surface area contributed by atoms with Crippen LogP contribution in [0.5, 0.6) is 0 Å². The summed E-state index contributed by atoms with van der Waals surface area (Å²) < 4.78 is 0. The van der Waals surface area contributed by atoms with Crippen molar-refractivity contribution in [3.05, 3.63) is 0 Å². The van der Waals surface area contributed by atoms with Gasteiger partial charge in [0.15, 0.2) is 0 Å². The Morgan fingerprint density at radius 1 is 1.19 bits per heavy atom. The molecule has 2 aliphatic carbocycles. The van der Waals surface area contributed by atoms with Crippen LogP contribution in [0.4, 0.5) is 0 Å². The first-order valence-electron chi connectivity index (χ1n) is 6.95. The minimum absolute atomic E-state index is 0.367. The van der Waals surface area contributed by atoms with Crippen molar-refractivity contribution in [3.8, 4) is 0 Å². The highest BCUT2D eigenvalue weighted by molar-refractivity contribution is 5.78. The molecule has 1 heteroatoms. The number of fused-ring (bicyclic) bond motifs is 1. The van der Waals surface area contributed by atoms with Crippen LogP contribution in [0, 0.1) is 29.1 Å². The van der Waals surface area contributed by atoms with E-state index in [1.807, 2.05) is 0 Å². The fourth-order valence-electron chi connectivity index (χ4n) is 4.27. The predicted octanol–water partition coefficient (Wildman–Crippen LogP) is 4.06. The van der Waals surface area contributed by atoms with Crippen LogP contribution in [0.1, 0.15) is 59.8 Å². The van der Waals surface area contributed by atoms with Crippen LogP contribution < -0.4 is 0 Å². The SMILES string of the molecule is CC(=O)C1CC[C@@]2(C)C(C)CC[C@@H](C)C2C1. The van der Waals surface area contributed by atoms with E-state index in [9.17, 15) is 4.79 Å². The number of carbonyl (C=O) groups is 1. The van der Waals surface area contributed by atoms with Gasteiger partial charge >= 0.3 is 0 Å². The van der Waals surface area contributed by atoms with Gasteiger partial charge in [-0.25, -0.2) is 0 Å². The van der Waals surface area contributed by atoms with E-state index < -0.39 is 0 Å². The van der Waals surface area contributed by atoms with Crippen molar-refractivity contribution in [1.29, 1.82) is 0 Å². The van der Waals surface area contributed by atoms with Crippen LogP contribution >= 0.6 is 0 Å². The molecule has 0 heterocycles. The van der Waals surface area contributed by atoms with Gasteiger partial charge in [0.2, 0.25) is 0 Å². The van der Waals surface area contributed by atoms with Gasteiger partial charge in [-0.15, -0.1) is 0 Å². The molecule has 0 spiro atoms. The Kier molecular flexibility index (Phi) is 3.16. The monoisotopic (exact) mass is 222 g/mol. The zero-order valence-electron chi connectivity index (χ0n) is 11.3. The lowest BCUT2D eigenvalue weighted by molar-refractivity contribution is -0.126. The minimum atomic E-state index is 0.367. The molecule has 2 rings (SSSR count). The molecule has 3 unspecified atom stereocenters. The molecule has 0 aromatic rings. The molecule has 0 aromatic heterocycles. The van der Waals surface area contributed by atoms with Gasteiger partial charge in [0, 0.05) is 5.92 Å². The lowest BCUT2D eigenvalue weighted by Gasteiger charge is -2.54. The molecule has 0 aromatic carbocycles. The molecule has 2 aliphatic rings. The van der Waals surface area contributed by atoms with Crippen molar-refractivity contribution in [2.45, 2.75) is 59.8 Å². The molecule has 0 amide bonds. The Bertz CT molecular complexity index is 283. The molecular weight excluding hydrogens is 196 g/mol. The highest BCUT2D eigenvalue weighted by Crippen LogP contribution is 2.56. The van der Waals surface area contributed by atoms with Crippen molar-refractivity contribution >= 4 is 5.78 Å². The largest absolute Gasteiger partial charge is 0.300 e. The smallest absolute Gasteiger partial charge is 0.132 e. The summed E-state index contributed by atoms with van der Waals surface area (Å²) in [5.74, 6) is 3.25. The van der Waals surface area contributed by atoms with Crippen LogP contribution in [-0.4, -0.2) is 5.78 Å². The molecule has 16 heavy (non-hydrogen) atoms.